The van der Waals surface area contributed by atoms with E-state index in [0.717, 1.165) is 11.4 Å². The molecule has 0 aliphatic carbocycles. The van der Waals surface area contributed by atoms with Gasteiger partial charge in [-0.1, -0.05) is 0 Å². The first-order valence-electron chi connectivity index (χ1n) is 6.45. The lowest BCUT2D eigenvalue weighted by Crippen LogP contribution is -2.25. The van der Waals surface area contributed by atoms with E-state index < -0.39 is 0 Å². The Morgan fingerprint density at radius 3 is 1.57 bits per heavy atom. The lowest BCUT2D eigenvalue weighted by molar-refractivity contribution is 0.417. The van der Waals surface area contributed by atoms with E-state index in [9.17, 15) is 0 Å². The average molecular weight is 288 g/mol. The van der Waals surface area contributed by atoms with Gasteiger partial charge in [0, 0.05) is 11.4 Å². The Morgan fingerprint density at radius 1 is 0.857 bits per heavy atom. The number of hydrogen-bond acceptors (Lipinski definition) is 6. The second-order valence-electron chi connectivity index (χ2n) is 4.46. The second-order valence-corrected chi connectivity index (χ2v) is 4.46. The number of benzene rings is 2. The fourth-order valence-electron chi connectivity index (χ4n) is 2.14. The molecule has 0 spiro atoms. The van der Waals surface area contributed by atoms with E-state index in [1.54, 1.807) is 26.4 Å². The molecule has 0 fully saturated rings. The number of nitrogens with zero attached hydrogens (tertiary/aromatic N) is 1. The molecule has 2 aromatic carbocycles. The van der Waals surface area contributed by atoms with E-state index in [1.807, 2.05) is 29.2 Å². The highest BCUT2D eigenvalue weighted by Gasteiger charge is 2.11. The fourth-order valence-corrected chi connectivity index (χ4v) is 2.14. The van der Waals surface area contributed by atoms with Gasteiger partial charge in [-0.05, 0) is 36.4 Å². The van der Waals surface area contributed by atoms with Gasteiger partial charge in [-0.25, -0.2) is 0 Å². The van der Waals surface area contributed by atoms with Crippen LogP contribution in [0, 0.1) is 0 Å². The van der Waals surface area contributed by atoms with Crippen LogP contribution in [-0.2, 0) is 0 Å². The number of methoxy groups -OCH3 is 2. The van der Waals surface area contributed by atoms with E-state index in [-0.39, 0.29) is 6.67 Å². The molecule has 0 unspecified atom stereocenters. The first-order valence-corrected chi connectivity index (χ1v) is 6.45. The number of anilines is 4. The van der Waals surface area contributed by atoms with Gasteiger partial charge in [0.25, 0.3) is 0 Å². The fraction of sp³-hybridized carbons (Fsp3) is 0.200. The van der Waals surface area contributed by atoms with Crippen molar-refractivity contribution in [2.24, 2.45) is 5.73 Å². The van der Waals surface area contributed by atoms with Gasteiger partial charge in [0.1, 0.15) is 11.5 Å². The van der Waals surface area contributed by atoms with E-state index in [4.69, 9.17) is 26.7 Å². The Labute approximate surface area is 124 Å². The Morgan fingerprint density at radius 2 is 1.29 bits per heavy atom. The quantitative estimate of drug-likeness (QED) is 0.574. The zero-order valence-electron chi connectivity index (χ0n) is 12.2. The molecular formula is C15H20N4O2. The van der Waals surface area contributed by atoms with E-state index in [0.29, 0.717) is 22.9 Å². The highest BCUT2D eigenvalue weighted by molar-refractivity contribution is 5.73. The van der Waals surface area contributed by atoms with Crippen molar-refractivity contribution >= 4 is 22.7 Å². The van der Waals surface area contributed by atoms with Crippen LogP contribution >= 0.6 is 0 Å². The summed E-state index contributed by atoms with van der Waals surface area (Å²) in [6.45, 7) is 0.289. The van der Waals surface area contributed by atoms with Crippen LogP contribution in [0.25, 0.3) is 0 Å². The molecule has 0 aromatic heterocycles. The van der Waals surface area contributed by atoms with E-state index in [2.05, 4.69) is 0 Å². The summed E-state index contributed by atoms with van der Waals surface area (Å²) in [6.07, 6.45) is 0. The van der Waals surface area contributed by atoms with Crippen LogP contribution in [0.1, 0.15) is 0 Å². The van der Waals surface area contributed by atoms with Crippen LogP contribution in [0.4, 0.5) is 22.7 Å². The van der Waals surface area contributed by atoms with Crippen molar-refractivity contribution in [1.29, 1.82) is 0 Å². The maximum Gasteiger partial charge on any atom is 0.141 e. The van der Waals surface area contributed by atoms with Gasteiger partial charge >= 0.3 is 0 Å². The molecule has 6 nitrogen and oxygen atoms in total. The van der Waals surface area contributed by atoms with Gasteiger partial charge in [-0.15, -0.1) is 0 Å². The molecular weight excluding hydrogens is 268 g/mol. The molecule has 21 heavy (non-hydrogen) atoms. The van der Waals surface area contributed by atoms with Crippen molar-refractivity contribution in [2.45, 2.75) is 0 Å². The van der Waals surface area contributed by atoms with Crippen molar-refractivity contribution in [3.63, 3.8) is 0 Å². The molecule has 2 aromatic rings. The molecule has 112 valence electrons. The van der Waals surface area contributed by atoms with Crippen LogP contribution in [0.5, 0.6) is 11.5 Å². The minimum absolute atomic E-state index is 0.289. The number of nitrogen functional groups attached to an aromatic ring is 2. The molecule has 0 saturated carbocycles. The van der Waals surface area contributed by atoms with Crippen molar-refractivity contribution in [3.8, 4) is 11.5 Å². The van der Waals surface area contributed by atoms with Gasteiger partial charge in [0.05, 0.1) is 32.3 Å². The first kappa shape index (κ1) is 14.8. The van der Waals surface area contributed by atoms with Crippen LogP contribution in [0.2, 0.25) is 0 Å². The topological polar surface area (TPSA) is 99.8 Å². The van der Waals surface area contributed by atoms with Crippen molar-refractivity contribution in [1.82, 2.24) is 0 Å². The third-order valence-electron chi connectivity index (χ3n) is 3.23. The highest BCUT2D eigenvalue weighted by Crippen LogP contribution is 2.33. The van der Waals surface area contributed by atoms with Gasteiger partial charge < -0.3 is 31.6 Å². The third-order valence-corrected chi connectivity index (χ3v) is 3.23. The SMILES string of the molecule is COc1ccc(N(CN)c2ccc(OC)c(N)c2)cc1N. The monoisotopic (exact) mass is 288 g/mol. The molecule has 0 atom stereocenters. The van der Waals surface area contributed by atoms with Gasteiger partial charge in [0.15, 0.2) is 0 Å². The molecule has 0 saturated heterocycles. The number of ether oxygens (including phenoxy) is 2. The Kier molecular flexibility index (Phi) is 4.39. The lowest BCUT2D eigenvalue weighted by Gasteiger charge is -2.24. The van der Waals surface area contributed by atoms with Crippen molar-refractivity contribution in [2.75, 3.05) is 37.3 Å². The summed E-state index contributed by atoms with van der Waals surface area (Å²) in [4.78, 5) is 1.89. The normalized spacial score (nSPS) is 10.2. The summed E-state index contributed by atoms with van der Waals surface area (Å²) in [5, 5.41) is 0. The highest BCUT2D eigenvalue weighted by atomic mass is 16.5. The third kappa shape index (κ3) is 2.95. The van der Waals surface area contributed by atoms with Crippen molar-refractivity contribution in [3.05, 3.63) is 36.4 Å². The van der Waals surface area contributed by atoms with Crippen LogP contribution in [0.15, 0.2) is 36.4 Å². The molecule has 0 aliphatic heterocycles. The van der Waals surface area contributed by atoms with Crippen LogP contribution in [-0.4, -0.2) is 20.9 Å². The summed E-state index contributed by atoms with van der Waals surface area (Å²) in [7, 11) is 3.16. The first-order chi connectivity index (χ1) is 10.1. The Balaban J connectivity index is 2.39. The molecule has 0 radical (unpaired) electrons. The standard InChI is InChI=1S/C15H20N4O2/c1-20-14-5-3-10(7-12(14)17)19(9-16)11-4-6-15(21-2)13(18)8-11/h3-8H,9,16-18H2,1-2H3. The van der Waals surface area contributed by atoms with Crippen molar-refractivity contribution < 1.29 is 9.47 Å². The summed E-state index contributed by atoms with van der Waals surface area (Å²) in [5.74, 6) is 1.26. The summed E-state index contributed by atoms with van der Waals surface area (Å²) < 4.78 is 10.3. The summed E-state index contributed by atoms with van der Waals surface area (Å²) in [6, 6.07) is 11.0. The van der Waals surface area contributed by atoms with Gasteiger partial charge in [-0.3, -0.25) is 0 Å². The molecule has 6 heteroatoms. The average Bonchev–Trinajstić information content (AvgIpc) is 2.48. The number of rotatable bonds is 5. The van der Waals surface area contributed by atoms with Gasteiger partial charge in [0.2, 0.25) is 0 Å². The molecule has 0 heterocycles. The molecule has 0 aliphatic rings. The Bertz CT molecular complexity index is 578. The molecule has 2 rings (SSSR count). The molecule has 0 bridgehead atoms. The molecule has 6 N–H and O–H groups in total. The van der Waals surface area contributed by atoms with Crippen LogP contribution in [0.3, 0.4) is 0 Å². The minimum Gasteiger partial charge on any atom is -0.495 e. The number of hydrogen-bond donors (Lipinski definition) is 3. The number of nitrogens with two attached hydrogens (primary N) is 3. The predicted octanol–water partition coefficient (Wildman–Crippen LogP) is 1.92. The summed E-state index contributed by atoms with van der Waals surface area (Å²) in [5.41, 5.74) is 20.6. The van der Waals surface area contributed by atoms with E-state index >= 15 is 0 Å². The van der Waals surface area contributed by atoms with Crippen LogP contribution < -0.4 is 31.6 Å². The van der Waals surface area contributed by atoms with Gasteiger partial charge in [-0.2, -0.15) is 0 Å². The second kappa shape index (κ2) is 6.23. The molecule has 0 amide bonds. The largest absolute Gasteiger partial charge is 0.495 e. The minimum atomic E-state index is 0.289. The lowest BCUT2D eigenvalue weighted by atomic mass is 10.2. The maximum atomic E-state index is 5.94. The van der Waals surface area contributed by atoms with E-state index in [1.165, 1.54) is 0 Å². The zero-order valence-corrected chi connectivity index (χ0v) is 12.2. The zero-order chi connectivity index (χ0) is 15.4. The summed E-state index contributed by atoms with van der Waals surface area (Å²) >= 11 is 0. The Hall–Kier alpha value is -2.60. The smallest absolute Gasteiger partial charge is 0.141 e. The predicted molar refractivity (Wildman–Crippen MR) is 86.0 cm³/mol. The maximum absolute atomic E-state index is 5.94.